The van der Waals surface area contributed by atoms with E-state index in [1.165, 1.54) is 66.1 Å². The molecule has 1 heterocycles. The minimum Gasteiger partial charge on any atom is -0.455 e. The van der Waals surface area contributed by atoms with E-state index in [4.69, 9.17) is 4.42 Å². The summed E-state index contributed by atoms with van der Waals surface area (Å²) in [6.45, 7) is 4.69. The van der Waals surface area contributed by atoms with Gasteiger partial charge in [0.15, 0.2) is 0 Å². The van der Waals surface area contributed by atoms with Crippen LogP contribution in [-0.4, -0.2) is 0 Å². The lowest BCUT2D eigenvalue weighted by Gasteiger charge is -2.26. The lowest BCUT2D eigenvalue weighted by Crippen LogP contribution is -2.14. The van der Waals surface area contributed by atoms with Crippen molar-refractivity contribution in [2.24, 2.45) is 0 Å². The Morgan fingerprint density at radius 2 is 0.967 bits per heavy atom. The molecule has 0 unspecified atom stereocenters. The SMILES string of the molecule is CC1(C)c2ccccc2-c2ccc(-c3ccc(N(c4ccc(-c5cccc6c5ccc5ccccc56)cc4)c4cccc(-c5cccc6c5oc5ccccc56)c4)cc3)cc21. The summed E-state index contributed by atoms with van der Waals surface area (Å²) in [5.41, 5.74) is 17.5. The zero-order chi connectivity index (χ0) is 40.7. The van der Waals surface area contributed by atoms with Crippen molar-refractivity contribution in [2.45, 2.75) is 19.3 Å². The van der Waals surface area contributed by atoms with Crippen molar-refractivity contribution in [1.29, 1.82) is 0 Å². The van der Waals surface area contributed by atoms with E-state index < -0.39 is 0 Å². The molecular formula is C59H41NO. The molecule has 1 aliphatic carbocycles. The summed E-state index contributed by atoms with van der Waals surface area (Å²) < 4.78 is 6.52. The topological polar surface area (TPSA) is 16.4 Å². The molecule has 0 aliphatic heterocycles. The Balaban J connectivity index is 0.963. The molecule has 288 valence electrons. The van der Waals surface area contributed by atoms with Crippen molar-refractivity contribution in [2.75, 3.05) is 4.90 Å². The highest BCUT2D eigenvalue weighted by molar-refractivity contribution is 6.12. The predicted octanol–water partition coefficient (Wildman–Crippen LogP) is 16.7. The molecule has 2 nitrogen and oxygen atoms in total. The molecule has 0 amide bonds. The lowest BCUT2D eigenvalue weighted by atomic mass is 9.81. The number of furan rings is 1. The number of hydrogen-bond acceptors (Lipinski definition) is 2. The van der Waals surface area contributed by atoms with Crippen LogP contribution in [0, 0.1) is 0 Å². The summed E-state index contributed by atoms with van der Waals surface area (Å²) >= 11 is 0. The van der Waals surface area contributed by atoms with Crippen LogP contribution in [-0.2, 0) is 5.41 Å². The van der Waals surface area contributed by atoms with Crippen LogP contribution in [0.1, 0.15) is 25.0 Å². The van der Waals surface area contributed by atoms with Crippen molar-refractivity contribution in [3.8, 4) is 44.5 Å². The fourth-order valence-electron chi connectivity index (χ4n) is 10.0. The summed E-state index contributed by atoms with van der Waals surface area (Å²) in [7, 11) is 0. The van der Waals surface area contributed by atoms with E-state index >= 15 is 0 Å². The minimum atomic E-state index is -0.0532. The molecule has 0 radical (unpaired) electrons. The molecule has 0 saturated heterocycles. The third-order valence-corrected chi connectivity index (χ3v) is 13.1. The minimum absolute atomic E-state index is 0.0532. The van der Waals surface area contributed by atoms with Gasteiger partial charge in [0.2, 0.25) is 0 Å². The van der Waals surface area contributed by atoms with Gasteiger partial charge < -0.3 is 9.32 Å². The van der Waals surface area contributed by atoms with E-state index in [-0.39, 0.29) is 5.41 Å². The molecule has 12 rings (SSSR count). The Morgan fingerprint density at radius 3 is 1.80 bits per heavy atom. The van der Waals surface area contributed by atoms with Crippen LogP contribution in [0.25, 0.3) is 88.0 Å². The van der Waals surface area contributed by atoms with Gasteiger partial charge in [-0.05, 0) is 120 Å². The largest absolute Gasteiger partial charge is 0.455 e. The smallest absolute Gasteiger partial charge is 0.143 e. The van der Waals surface area contributed by atoms with Crippen molar-refractivity contribution in [3.05, 3.63) is 223 Å². The second-order valence-electron chi connectivity index (χ2n) is 16.9. The van der Waals surface area contributed by atoms with Crippen LogP contribution < -0.4 is 4.90 Å². The summed E-state index contributed by atoms with van der Waals surface area (Å²) in [6, 6.07) is 77.4. The van der Waals surface area contributed by atoms with Gasteiger partial charge in [-0.1, -0.05) is 178 Å². The maximum absolute atomic E-state index is 6.52. The van der Waals surface area contributed by atoms with Gasteiger partial charge in [0, 0.05) is 38.8 Å². The lowest BCUT2D eigenvalue weighted by molar-refractivity contribution is 0.660. The van der Waals surface area contributed by atoms with Gasteiger partial charge in [0.05, 0.1) is 0 Å². The van der Waals surface area contributed by atoms with Gasteiger partial charge in [-0.3, -0.25) is 0 Å². The van der Waals surface area contributed by atoms with Crippen molar-refractivity contribution in [3.63, 3.8) is 0 Å². The number of nitrogens with zero attached hydrogens (tertiary/aromatic N) is 1. The number of benzene rings is 10. The molecule has 0 fully saturated rings. The van der Waals surface area contributed by atoms with Crippen LogP contribution in [0.4, 0.5) is 17.1 Å². The Bertz CT molecular complexity index is 3500. The molecule has 0 atom stereocenters. The number of anilines is 3. The summed E-state index contributed by atoms with van der Waals surface area (Å²) in [4.78, 5) is 2.37. The van der Waals surface area contributed by atoms with E-state index in [2.05, 4.69) is 219 Å². The molecular weight excluding hydrogens is 739 g/mol. The molecule has 1 aromatic heterocycles. The number of para-hydroxylation sites is 2. The first-order chi connectivity index (χ1) is 30.0. The summed E-state index contributed by atoms with van der Waals surface area (Å²) in [5, 5.41) is 7.32. The number of hydrogen-bond donors (Lipinski definition) is 0. The average Bonchev–Trinajstić information content (AvgIpc) is 3.81. The van der Waals surface area contributed by atoms with Gasteiger partial charge in [-0.15, -0.1) is 0 Å². The molecule has 1 aliphatic rings. The highest BCUT2D eigenvalue weighted by Crippen LogP contribution is 2.50. The molecule has 0 spiro atoms. The summed E-state index contributed by atoms with van der Waals surface area (Å²) in [5.74, 6) is 0. The normalized spacial score (nSPS) is 12.9. The zero-order valence-corrected chi connectivity index (χ0v) is 34.1. The summed E-state index contributed by atoms with van der Waals surface area (Å²) in [6.07, 6.45) is 0. The Morgan fingerprint density at radius 1 is 0.344 bits per heavy atom. The molecule has 2 heteroatoms. The third kappa shape index (κ3) is 5.64. The van der Waals surface area contributed by atoms with Gasteiger partial charge in [-0.25, -0.2) is 0 Å². The number of rotatable bonds is 6. The fourth-order valence-corrected chi connectivity index (χ4v) is 10.0. The van der Waals surface area contributed by atoms with Crippen LogP contribution >= 0.6 is 0 Å². The first-order valence-corrected chi connectivity index (χ1v) is 21.2. The Hall–Kier alpha value is -7.68. The van der Waals surface area contributed by atoms with Crippen molar-refractivity contribution in [1.82, 2.24) is 0 Å². The van der Waals surface area contributed by atoms with Gasteiger partial charge >= 0.3 is 0 Å². The van der Waals surface area contributed by atoms with Crippen molar-refractivity contribution >= 4 is 60.5 Å². The van der Waals surface area contributed by atoms with Gasteiger partial charge in [0.25, 0.3) is 0 Å². The zero-order valence-electron chi connectivity index (χ0n) is 34.1. The van der Waals surface area contributed by atoms with Crippen molar-refractivity contribution < 1.29 is 4.42 Å². The third-order valence-electron chi connectivity index (χ3n) is 13.1. The quantitative estimate of drug-likeness (QED) is 0.156. The molecule has 0 N–H and O–H groups in total. The standard InChI is InChI=1S/C59H41NO/c1-59(2)55-22-7-5-16-51(55)52-35-29-41(37-56(52)59)38-24-30-43(31-25-38)60(45-14-9-13-42(36-45)48-19-11-21-54-53-17-6-8-23-57(53)61-58(48)54)44-32-26-40(27-33-44)47-18-10-20-49-46-15-4-3-12-39(46)28-34-50(47)49/h3-37H,1-2H3. The maximum atomic E-state index is 6.52. The Kier molecular flexibility index (Phi) is 7.92. The van der Waals surface area contributed by atoms with Gasteiger partial charge in [0.1, 0.15) is 11.2 Å². The monoisotopic (exact) mass is 779 g/mol. The van der Waals surface area contributed by atoms with E-state index in [0.29, 0.717) is 0 Å². The predicted molar refractivity (Wildman–Crippen MR) is 257 cm³/mol. The average molecular weight is 780 g/mol. The van der Waals surface area contributed by atoms with Crippen LogP contribution in [0.5, 0.6) is 0 Å². The van der Waals surface area contributed by atoms with E-state index in [1.807, 2.05) is 12.1 Å². The van der Waals surface area contributed by atoms with Crippen LogP contribution in [0.2, 0.25) is 0 Å². The van der Waals surface area contributed by atoms with E-state index in [9.17, 15) is 0 Å². The fraction of sp³-hybridized carbons (Fsp3) is 0.0508. The molecule has 0 bridgehead atoms. The van der Waals surface area contributed by atoms with E-state index in [0.717, 1.165) is 50.1 Å². The first-order valence-electron chi connectivity index (χ1n) is 21.2. The van der Waals surface area contributed by atoms with E-state index in [1.54, 1.807) is 0 Å². The molecule has 0 saturated carbocycles. The molecule has 61 heavy (non-hydrogen) atoms. The Labute approximate surface area is 355 Å². The van der Waals surface area contributed by atoms with Crippen LogP contribution in [0.3, 0.4) is 0 Å². The first kappa shape index (κ1) is 35.3. The highest BCUT2D eigenvalue weighted by Gasteiger charge is 2.35. The van der Waals surface area contributed by atoms with Crippen LogP contribution in [0.15, 0.2) is 217 Å². The second kappa shape index (κ2) is 13.7. The highest BCUT2D eigenvalue weighted by atomic mass is 16.3. The second-order valence-corrected chi connectivity index (χ2v) is 16.9. The molecule has 10 aromatic carbocycles. The maximum Gasteiger partial charge on any atom is 0.143 e. The number of fused-ring (bicyclic) bond motifs is 9. The van der Waals surface area contributed by atoms with Gasteiger partial charge in [-0.2, -0.15) is 0 Å². The molecule has 11 aromatic rings.